The second-order valence-electron chi connectivity index (χ2n) is 4.31. The van der Waals surface area contributed by atoms with Gasteiger partial charge in [-0.25, -0.2) is 0 Å². The first-order valence-corrected chi connectivity index (χ1v) is 5.86. The van der Waals surface area contributed by atoms with E-state index in [0.717, 1.165) is 12.2 Å². The van der Waals surface area contributed by atoms with Crippen LogP contribution in [0.1, 0.15) is 37.8 Å². The zero-order chi connectivity index (χ0) is 11.4. The van der Waals surface area contributed by atoms with Gasteiger partial charge in [-0.2, -0.15) is 0 Å². The Bertz CT molecular complexity index is 358. The third-order valence-electron chi connectivity index (χ3n) is 2.94. The third kappa shape index (κ3) is 4.02. The number of rotatable bonds is 2. The fourth-order valence-corrected chi connectivity index (χ4v) is 2.14. The summed E-state index contributed by atoms with van der Waals surface area (Å²) in [5.74, 6) is -0.0245. The van der Waals surface area contributed by atoms with E-state index < -0.39 is 0 Å². The van der Waals surface area contributed by atoms with E-state index in [1.54, 1.807) is 0 Å². The minimum atomic E-state index is -0.0245. The second-order valence-corrected chi connectivity index (χ2v) is 4.31. The molecule has 1 fully saturated rings. The maximum Gasteiger partial charge on any atom is 0.221 e. The molecular formula is C13H19ClN2O. The van der Waals surface area contributed by atoms with E-state index in [1.165, 1.54) is 31.7 Å². The molecule has 0 radical (unpaired) electrons. The van der Waals surface area contributed by atoms with Crippen molar-refractivity contribution in [1.29, 1.82) is 0 Å². The maximum atomic E-state index is 10.9. The highest BCUT2D eigenvalue weighted by Gasteiger charge is 2.13. The number of piperidine rings is 1. The Hall–Kier alpha value is -1.06. The number of amides is 1. The lowest BCUT2D eigenvalue weighted by Crippen LogP contribution is -2.26. The molecule has 2 rings (SSSR count). The molecule has 0 spiro atoms. The summed E-state index contributed by atoms with van der Waals surface area (Å²) in [5, 5.41) is 6.28. The van der Waals surface area contributed by atoms with Crippen molar-refractivity contribution in [3.05, 3.63) is 29.8 Å². The lowest BCUT2D eigenvalue weighted by molar-refractivity contribution is -0.114. The summed E-state index contributed by atoms with van der Waals surface area (Å²) in [6.45, 7) is 2.63. The first kappa shape index (κ1) is 14.0. The van der Waals surface area contributed by atoms with Crippen LogP contribution in [0, 0.1) is 0 Å². The highest BCUT2D eigenvalue weighted by atomic mass is 35.5. The van der Waals surface area contributed by atoms with Gasteiger partial charge >= 0.3 is 0 Å². The Balaban J connectivity index is 0.00000144. The van der Waals surface area contributed by atoms with Crippen LogP contribution in [0.3, 0.4) is 0 Å². The van der Waals surface area contributed by atoms with E-state index in [0.29, 0.717) is 6.04 Å². The molecule has 1 amide bonds. The molecule has 1 aromatic rings. The first-order chi connectivity index (χ1) is 7.75. The van der Waals surface area contributed by atoms with Crippen molar-refractivity contribution in [2.24, 2.45) is 0 Å². The Kier molecular flexibility index (Phi) is 5.45. The number of halogens is 1. The van der Waals surface area contributed by atoms with Gasteiger partial charge in [0.2, 0.25) is 5.91 Å². The van der Waals surface area contributed by atoms with Crippen LogP contribution < -0.4 is 10.6 Å². The fraction of sp³-hybridized carbons (Fsp3) is 0.462. The average Bonchev–Trinajstić information content (AvgIpc) is 2.30. The van der Waals surface area contributed by atoms with Gasteiger partial charge in [0.05, 0.1) is 0 Å². The molecule has 1 aromatic carbocycles. The SMILES string of the molecule is CC(=O)Nc1ccc(C2CCCCN2)cc1.Cl. The van der Waals surface area contributed by atoms with Crippen LogP contribution in [0.5, 0.6) is 0 Å². The normalized spacial score (nSPS) is 19.2. The summed E-state index contributed by atoms with van der Waals surface area (Å²) < 4.78 is 0. The highest BCUT2D eigenvalue weighted by molar-refractivity contribution is 5.88. The second kappa shape index (κ2) is 6.62. The number of carbonyl (C=O) groups excluding carboxylic acids is 1. The van der Waals surface area contributed by atoms with Crippen LogP contribution in [-0.2, 0) is 4.79 Å². The number of hydrogen-bond acceptors (Lipinski definition) is 2. The van der Waals surface area contributed by atoms with Gasteiger partial charge < -0.3 is 10.6 Å². The number of benzene rings is 1. The largest absolute Gasteiger partial charge is 0.326 e. The Morgan fingerprint density at radius 1 is 1.29 bits per heavy atom. The van der Waals surface area contributed by atoms with Gasteiger partial charge in [-0.15, -0.1) is 12.4 Å². The van der Waals surface area contributed by atoms with E-state index in [9.17, 15) is 4.79 Å². The van der Waals surface area contributed by atoms with Gasteiger partial charge in [0, 0.05) is 18.7 Å². The molecule has 1 saturated heterocycles. The molecule has 4 heteroatoms. The van der Waals surface area contributed by atoms with Crippen molar-refractivity contribution in [3.8, 4) is 0 Å². The van der Waals surface area contributed by atoms with E-state index >= 15 is 0 Å². The van der Waals surface area contributed by atoms with Gasteiger partial charge in [-0.05, 0) is 37.1 Å². The summed E-state index contributed by atoms with van der Waals surface area (Å²) in [5.41, 5.74) is 2.18. The molecule has 1 aliphatic rings. The van der Waals surface area contributed by atoms with Crippen LogP contribution in [0.15, 0.2) is 24.3 Å². The van der Waals surface area contributed by atoms with Crippen LogP contribution in [0.25, 0.3) is 0 Å². The topological polar surface area (TPSA) is 41.1 Å². The van der Waals surface area contributed by atoms with Crippen LogP contribution in [0.2, 0.25) is 0 Å². The Labute approximate surface area is 108 Å². The Morgan fingerprint density at radius 2 is 2.00 bits per heavy atom. The number of nitrogens with one attached hydrogen (secondary N) is 2. The molecule has 94 valence electrons. The molecule has 1 atom stereocenters. The summed E-state index contributed by atoms with van der Waals surface area (Å²) in [6, 6.07) is 8.60. The van der Waals surface area contributed by atoms with E-state index in [4.69, 9.17) is 0 Å². The summed E-state index contributed by atoms with van der Waals surface area (Å²) in [6.07, 6.45) is 3.78. The molecule has 0 aliphatic carbocycles. The van der Waals surface area contributed by atoms with Crippen LogP contribution in [-0.4, -0.2) is 12.5 Å². The summed E-state index contributed by atoms with van der Waals surface area (Å²) >= 11 is 0. The standard InChI is InChI=1S/C13H18N2O.ClH/c1-10(16)15-12-7-5-11(6-8-12)13-4-2-3-9-14-13;/h5-8,13-14H,2-4,9H2,1H3,(H,15,16);1H. The lowest BCUT2D eigenvalue weighted by atomic mass is 9.97. The van der Waals surface area contributed by atoms with Crippen molar-refractivity contribution < 1.29 is 4.79 Å². The van der Waals surface area contributed by atoms with Gasteiger partial charge in [0.25, 0.3) is 0 Å². The molecule has 1 aliphatic heterocycles. The van der Waals surface area contributed by atoms with Gasteiger partial charge in [0.15, 0.2) is 0 Å². The molecule has 1 unspecified atom stereocenters. The summed E-state index contributed by atoms with van der Waals surface area (Å²) in [4.78, 5) is 10.9. The van der Waals surface area contributed by atoms with Crippen molar-refractivity contribution in [2.75, 3.05) is 11.9 Å². The first-order valence-electron chi connectivity index (χ1n) is 5.86. The van der Waals surface area contributed by atoms with Crippen molar-refractivity contribution >= 4 is 24.0 Å². The molecule has 3 nitrogen and oxygen atoms in total. The minimum Gasteiger partial charge on any atom is -0.326 e. The molecule has 0 saturated carbocycles. The van der Waals surface area contributed by atoms with Gasteiger partial charge in [-0.3, -0.25) is 4.79 Å². The number of anilines is 1. The molecule has 17 heavy (non-hydrogen) atoms. The minimum absolute atomic E-state index is 0. The third-order valence-corrected chi connectivity index (χ3v) is 2.94. The zero-order valence-electron chi connectivity index (χ0n) is 10.0. The number of carbonyl (C=O) groups is 1. The predicted octanol–water partition coefficient (Wildman–Crippen LogP) is 2.88. The quantitative estimate of drug-likeness (QED) is 0.852. The molecule has 2 N–H and O–H groups in total. The van der Waals surface area contributed by atoms with Crippen LogP contribution in [0.4, 0.5) is 5.69 Å². The average molecular weight is 255 g/mol. The number of hydrogen-bond donors (Lipinski definition) is 2. The maximum absolute atomic E-state index is 10.9. The van der Waals surface area contributed by atoms with E-state index in [1.807, 2.05) is 12.1 Å². The predicted molar refractivity (Wildman–Crippen MR) is 72.6 cm³/mol. The smallest absolute Gasteiger partial charge is 0.221 e. The monoisotopic (exact) mass is 254 g/mol. The van der Waals surface area contributed by atoms with Gasteiger partial charge in [0.1, 0.15) is 0 Å². The molecule has 0 aromatic heterocycles. The Morgan fingerprint density at radius 3 is 2.53 bits per heavy atom. The van der Waals surface area contributed by atoms with Gasteiger partial charge in [-0.1, -0.05) is 18.6 Å². The summed E-state index contributed by atoms with van der Waals surface area (Å²) in [7, 11) is 0. The van der Waals surface area contributed by atoms with Crippen molar-refractivity contribution in [3.63, 3.8) is 0 Å². The molecular weight excluding hydrogens is 236 g/mol. The molecule has 1 heterocycles. The van der Waals surface area contributed by atoms with E-state index in [-0.39, 0.29) is 18.3 Å². The highest BCUT2D eigenvalue weighted by Crippen LogP contribution is 2.23. The lowest BCUT2D eigenvalue weighted by Gasteiger charge is -2.23. The van der Waals surface area contributed by atoms with Crippen molar-refractivity contribution in [2.45, 2.75) is 32.2 Å². The van der Waals surface area contributed by atoms with E-state index in [2.05, 4.69) is 22.8 Å². The zero-order valence-corrected chi connectivity index (χ0v) is 10.8. The van der Waals surface area contributed by atoms with Crippen molar-refractivity contribution in [1.82, 2.24) is 5.32 Å². The molecule has 0 bridgehead atoms. The van der Waals surface area contributed by atoms with Crippen LogP contribution >= 0.6 is 12.4 Å². The fourth-order valence-electron chi connectivity index (χ4n) is 2.14.